The average molecular weight is 511 g/mol. The zero-order valence-corrected chi connectivity index (χ0v) is 21.8. The van der Waals surface area contributed by atoms with Crippen molar-refractivity contribution in [1.82, 2.24) is 10.2 Å². The molecule has 6 heteroatoms. The second-order valence-electron chi connectivity index (χ2n) is 8.73. The fourth-order valence-electron chi connectivity index (χ4n) is 3.90. The topological polar surface area (TPSA) is 49.4 Å². The molecule has 0 bridgehead atoms. The lowest BCUT2D eigenvalue weighted by atomic mass is 10.0. The zero-order valence-electron chi connectivity index (χ0n) is 20.3. The van der Waals surface area contributed by atoms with Crippen molar-refractivity contribution < 1.29 is 9.59 Å². The SMILES string of the molecule is CCCCNC(=O)C(Cc1ccccc1)N(Cc1ccc(C)cc1)C(=O)Cc1c(Cl)cccc1Cl. The summed E-state index contributed by atoms with van der Waals surface area (Å²) in [4.78, 5) is 28.9. The Morgan fingerprint density at radius 2 is 1.54 bits per heavy atom. The number of carbonyl (C=O) groups is 2. The molecule has 0 aliphatic rings. The van der Waals surface area contributed by atoms with Gasteiger partial charge in [0.15, 0.2) is 0 Å². The second-order valence-corrected chi connectivity index (χ2v) is 9.55. The van der Waals surface area contributed by atoms with Gasteiger partial charge in [0.25, 0.3) is 0 Å². The first kappa shape index (κ1) is 26.8. The Bertz CT molecular complexity index is 1100. The van der Waals surface area contributed by atoms with E-state index in [1.807, 2.05) is 61.5 Å². The van der Waals surface area contributed by atoms with Crippen LogP contribution >= 0.6 is 23.2 Å². The van der Waals surface area contributed by atoms with Gasteiger partial charge in [-0.25, -0.2) is 0 Å². The number of benzene rings is 3. The predicted octanol–water partition coefficient (Wildman–Crippen LogP) is 6.40. The fraction of sp³-hybridized carbons (Fsp3) is 0.310. The van der Waals surface area contributed by atoms with E-state index in [9.17, 15) is 9.59 Å². The van der Waals surface area contributed by atoms with Crippen LogP contribution < -0.4 is 5.32 Å². The minimum atomic E-state index is -0.677. The summed E-state index contributed by atoms with van der Waals surface area (Å²) in [6.45, 7) is 4.98. The maximum Gasteiger partial charge on any atom is 0.243 e. The first-order valence-corrected chi connectivity index (χ1v) is 12.7. The molecule has 0 aliphatic heterocycles. The monoisotopic (exact) mass is 510 g/mol. The lowest BCUT2D eigenvalue weighted by Crippen LogP contribution is -2.51. The van der Waals surface area contributed by atoms with Crippen molar-refractivity contribution in [1.29, 1.82) is 0 Å². The van der Waals surface area contributed by atoms with Gasteiger partial charge in [0.05, 0.1) is 6.42 Å². The van der Waals surface area contributed by atoms with Gasteiger partial charge in [0.2, 0.25) is 11.8 Å². The van der Waals surface area contributed by atoms with E-state index in [4.69, 9.17) is 23.2 Å². The number of halogens is 2. The number of unbranched alkanes of at least 4 members (excludes halogenated alkanes) is 1. The number of amides is 2. The van der Waals surface area contributed by atoms with Crippen LogP contribution in [0.1, 0.15) is 42.0 Å². The highest BCUT2D eigenvalue weighted by molar-refractivity contribution is 6.36. The molecule has 4 nitrogen and oxygen atoms in total. The van der Waals surface area contributed by atoms with Gasteiger partial charge in [-0.05, 0) is 42.2 Å². The van der Waals surface area contributed by atoms with Crippen molar-refractivity contribution in [2.45, 2.75) is 52.1 Å². The number of hydrogen-bond donors (Lipinski definition) is 1. The third kappa shape index (κ3) is 7.84. The third-order valence-electron chi connectivity index (χ3n) is 5.96. The van der Waals surface area contributed by atoms with Gasteiger partial charge in [0, 0.05) is 29.6 Å². The smallest absolute Gasteiger partial charge is 0.243 e. The number of aryl methyl sites for hydroxylation is 1. The predicted molar refractivity (Wildman–Crippen MR) is 144 cm³/mol. The molecular formula is C29H32Cl2N2O2. The Balaban J connectivity index is 1.97. The van der Waals surface area contributed by atoms with Gasteiger partial charge < -0.3 is 10.2 Å². The van der Waals surface area contributed by atoms with Crippen molar-refractivity contribution in [2.24, 2.45) is 0 Å². The highest BCUT2D eigenvalue weighted by Gasteiger charge is 2.31. The molecule has 0 aliphatic carbocycles. The van der Waals surface area contributed by atoms with Crippen LogP contribution in [0.5, 0.6) is 0 Å². The minimum Gasteiger partial charge on any atom is -0.354 e. The number of carbonyl (C=O) groups excluding carboxylic acids is 2. The molecule has 0 radical (unpaired) electrons. The molecule has 0 aromatic heterocycles. The van der Waals surface area contributed by atoms with Crippen LogP contribution in [0.3, 0.4) is 0 Å². The summed E-state index contributed by atoms with van der Waals surface area (Å²) in [5.41, 5.74) is 3.64. The standard InChI is InChI=1S/C29H32Cl2N2O2/c1-3-4-17-32-29(35)27(18-22-9-6-5-7-10-22)33(20-23-15-13-21(2)14-16-23)28(34)19-24-25(30)11-8-12-26(24)31/h5-16,27H,3-4,17-20H2,1-2H3,(H,32,35). The number of nitrogens with one attached hydrogen (secondary N) is 1. The van der Waals surface area contributed by atoms with E-state index in [1.54, 1.807) is 23.1 Å². The molecule has 0 spiro atoms. The van der Waals surface area contributed by atoms with Crippen LogP contribution in [0.25, 0.3) is 0 Å². The molecule has 3 rings (SSSR count). The first-order valence-electron chi connectivity index (χ1n) is 12.0. The number of rotatable bonds is 11. The lowest BCUT2D eigenvalue weighted by molar-refractivity contribution is -0.140. The summed E-state index contributed by atoms with van der Waals surface area (Å²) in [5.74, 6) is -0.361. The molecule has 3 aromatic carbocycles. The lowest BCUT2D eigenvalue weighted by Gasteiger charge is -2.32. The molecule has 184 valence electrons. The molecule has 0 fully saturated rings. The van der Waals surface area contributed by atoms with Gasteiger partial charge in [-0.3, -0.25) is 9.59 Å². The maximum atomic E-state index is 13.8. The largest absolute Gasteiger partial charge is 0.354 e. The Morgan fingerprint density at radius 1 is 0.886 bits per heavy atom. The van der Waals surface area contributed by atoms with Crippen LogP contribution in [0, 0.1) is 6.92 Å². The summed E-state index contributed by atoms with van der Waals surface area (Å²) in [6.07, 6.45) is 2.27. The van der Waals surface area contributed by atoms with E-state index in [-0.39, 0.29) is 18.2 Å². The summed E-state index contributed by atoms with van der Waals surface area (Å²) in [6, 6.07) is 22.3. The van der Waals surface area contributed by atoms with Gasteiger partial charge in [-0.1, -0.05) is 103 Å². The fourth-order valence-corrected chi connectivity index (χ4v) is 4.44. The Kier molecular flexibility index (Phi) is 10.2. The number of nitrogens with zero attached hydrogens (tertiary/aromatic N) is 1. The number of hydrogen-bond acceptors (Lipinski definition) is 2. The molecule has 2 amide bonds. The molecule has 1 N–H and O–H groups in total. The minimum absolute atomic E-state index is 0.0118. The van der Waals surface area contributed by atoms with Crippen LogP contribution in [0.2, 0.25) is 10.0 Å². The molecule has 0 saturated heterocycles. The average Bonchev–Trinajstić information content (AvgIpc) is 2.85. The third-order valence-corrected chi connectivity index (χ3v) is 6.67. The normalized spacial score (nSPS) is 11.7. The molecule has 1 unspecified atom stereocenters. The summed E-state index contributed by atoms with van der Waals surface area (Å²) < 4.78 is 0. The van der Waals surface area contributed by atoms with E-state index in [1.165, 1.54) is 0 Å². The summed E-state index contributed by atoms with van der Waals surface area (Å²) in [7, 11) is 0. The Morgan fingerprint density at radius 3 is 2.17 bits per heavy atom. The highest BCUT2D eigenvalue weighted by Crippen LogP contribution is 2.26. The van der Waals surface area contributed by atoms with Gasteiger partial charge in [-0.15, -0.1) is 0 Å². The van der Waals surface area contributed by atoms with E-state index < -0.39 is 6.04 Å². The Hall–Kier alpha value is -2.82. The molecular weight excluding hydrogens is 479 g/mol. The highest BCUT2D eigenvalue weighted by atomic mass is 35.5. The first-order chi connectivity index (χ1) is 16.9. The van der Waals surface area contributed by atoms with Crippen LogP contribution in [-0.2, 0) is 29.0 Å². The van der Waals surface area contributed by atoms with Crippen molar-refractivity contribution in [3.05, 3.63) is 105 Å². The van der Waals surface area contributed by atoms with Crippen molar-refractivity contribution in [3.63, 3.8) is 0 Å². The molecule has 3 aromatic rings. The van der Waals surface area contributed by atoms with Crippen molar-refractivity contribution >= 4 is 35.0 Å². The summed E-state index contributed by atoms with van der Waals surface area (Å²) >= 11 is 12.8. The van der Waals surface area contributed by atoms with Crippen molar-refractivity contribution in [3.8, 4) is 0 Å². The molecule has 0 saturated carbocycles. The van der Waals surface area contributed by atoms with Crippen LogP contribution in [0.4, 0.5) is 0 Å². The van der Waals surface area contributed by atoms with Gasteiger partial charge in [-0.2, -0.15) is 0 Å². The maximum absolute atomic E-state index is 13.8. The quantitative estimate of drug-likeness (QED) is 0.303. The van der Waals surface area contributed by atoms with E-state index in [0.717, 1.165) is 29.5 Å². The molecule has 35 heavy (non-hydrogen) atoms. The molecule has 1 atom stereocenters. The Labute approximate surface area is 218 Å². The second kappa shape index (κ2) is 13.3. The zero-order chi connectivity index (χ0) is 25.2. The van der Waals surface area contributed by atoms with E-state index in [0.29, 0.717) is 35.1 Å². The van der Waals surface area contributed by atoms with Gasteiger partial charge >= 0.3 is 0 Å². The van der Waals surface area contributed by atoms with Gasteiger partial charge in [0.1, 0.15) is 6.04 Å². The van der Waals surface area contributed by atoms with Crippen LogP contribution in [0.15, 0.2) is 72.8 Å². The van der Waals surface area contributed by atoms with E-state index in [2.05, 4.69) is 12.2 Å². The van der Waals surface area contributed by atoms with Crippen LogP contribution in [-0.4, -0.2) is 29.3 Å². The van der Waals surface area contributed by atoms with E-state index >= 15 is 0 Å². The summed E-state index contributed by atoms with van der Waals surface area (Å²) in [5, 5.41) is 3.91. The molecule has 0 heterocycles. The van der Waals surface area contributed by atoms with Crippen molar-refractivity contribution in [2.75, 3.05) is 6.54 Å².